The lowest BCUT2D eigenvalue weighted by atomic mass is 10.1. The fourth-order valence-electron chi connectivity index (χ4n) is 2.94. The maximum absolute atomic E-state index is 12.7. The van der Waals surface area contributed by atoms with Crippen molar-refractivity contribution in [3.63, 3.8) is 0 Å². The Morgan fingerprint density at radius 1 is 1.27 bits per heavy atom. The van der Waals surface area contributed by atoms with E-state index in [2.05, 4.69) is 5.10 Å². The van der Waals surface area contributed by atoms with Crippen molar-refractivity contribution in [3.8, 4) is 11.4 Å². The number of carbonyl (C=O) groups excluding carboxylic acids is 1. The highest BCUT2D eigenvalue weighted by Gasteiger charge is 2.27. The van der Waals surface area contributed by atoms with Crippen LogP contribution in [0.25, 0.3) is 5.69 Å². The lowest BCUT2D eigenvalue weighted by Crippen LogP contribution is -2.41. The van der Waals surface area contributed by atoms with E-state index in [9.17, 15) is 9.90 Å². The zero-order valence-corrected chi connectivity index (χ0v) is 15.4. The molecule has 8 heteroatoms. The summed E-state index contributed by atoms with van der Waals surface area (Å²) in [5.41, 5.74) is 6.35. The number of carbonyl (C=O) groups is 1. The second kappa shape index (κ2) is 9.56. The summed E-state index contributed by atoms with van der Waals surface area (Å²) in [6.07, 6.45) is 4.06. The standard InChI is InChI=1S/C18H24N4O3.ClH/c19-9-4-12-25-15-7-10-21(11-8-15)18(24)17-16(23)13-22(20-17)14-5-2-1-3-6-14;/h1-3,5-6,13,15,23H,4,7-12,19H2;1H. The monoisotopic (exact) mass is 380 g/mol. The minimum absolute atomic E-state index is 0. The number of aromatic hydroxyl groups is 1. The third kappa shape index (κ3) is 4.75. The first-order chi connectivity index (χ1) is 12.2. The number of benzene rings is 1. The highest BCUT2D eigenvalue weighted by atomic mass is 35.5. The smallest absolute Gasteiger partial charge is 0.278 e. The van der Waals surface area contributed by atoms with E-state index in [1.54, 1.807) is 4.90 Å². The van der Waals surface area contributed by atoms with Gasteiger partial charge in [-0.15, -0.1) is 12.4 Å². The van der Waals surface area contributed by atoms with E-state index in [1.165, 1.54) is 10.9 Å². The van der Waals surface area contributed by atoms with E-state index >= 15 is 0 Å². The topological polar surface area (TPSA) is 93.6 Å². The maximum atomic E-state index is 12.7. The van der Waals surface area contributed by atoms with Crippen molar-refractivity contribution in [2.75, 3.05) is 26.2 Å². The van der Waals surface area contributed by atoms with Gasteiger partial charge in [0.25, 0.3) is 5.91 Å². The highest BCUT2D eigenvalue weighted by molar-refractivity contribution is 5.94. The number of hydrogen-bond donors (Lipinski definition) is 2. The first kappa shape index (κ1) is 20.2. The third-order valence-corrected chi connectivity index (χ3v) is 4.35. The Morgan fingerprint density at radius 2 is 1.96 bits per heavy atom. The van der Waals surface area contributed by atoms with Gasteiger partial charge < -0.3 is 20.5 Å². The average Bonchev–Trinajstić information content (AvgIpc) is 3.04. The van der Waals surface area contributed by atoms with Gasteiger partial charge in [0.2, 0.25) is 0 Å². The molecule has 26 heavy (non-hydrogen) atoms. The average molecular weight is 381 g/mol. The van der Waals surface area contributed by atoms with Crippen LogP contribution in [0.4, 0.5) is 0 Å². The number of ether oxygens (including phenoxy) is 1. The van der Waals surface area contributed by atoms with Gasteiger partial charge in [0.05, 0.1) is 18.0 Å². The van der Waals surface area contributed by atoms with Crippen molar-refractivity contribution in [2.45, 2.75) is 25.4 Å². The largest absolute Gasteiger partial charge is 0.504 e. The summed E-state index contributed by atoms with van der Waals surface area (Å²) in [6, 6.07) is 9.39. The Kier molecular flexibility index (Phi) is 7.44. The highest BCUT2D eigenvalue weighted by Crippen LogP contribution is 2.22. The van der Waals surface area contributed by atoms with Crippen LogP contribution < -0.4 is 5.73 Å². The fraction of sp³-hybridized carbons (Fsp3) is 0.444. The molecule has 0 unspecified atom stereocenters. The van der Waals surface area contributed by atoms with Crippen LogP contribution in [-0.4, -0.2) is 58.0 Å². The number of para-hydroxylation sites is 1. The quantitative estimate of drug-likeness (QED) is 0.747. The molecule has 1 saturated heterocycles. The number of nitrogens with zero attached hydrogens (tertiary/aromatic N) is 3. The summed E-state index contributed by atoms with van der Waals surface area (Å²) in [5, 5.41) is 14.4. The van der Waals surface area contributed by atoms with Crippen LogP contribution in [0.3, 0.4) is 0 Å². The molecule has 3 N–H and O–H groups in total. The minimum atomic E-state index is -0.243. The Balaban J connectivity index is 0.00000243. The molecule has 0 radical (unpaired) electrons. The van der Waals surface area contributed by atoms with E-state index in [4.69, 9.17) is 10.5 Å². The maximum Gasteiger partial charge on any atom is 0.278 e. The molecular formula is C18H25ClN4O3. The molecular weight excluding hydrogens is 356 g/mol. The number of nitrogens with two attached hydrogens (primary N) is 1. The number of rotatable bonds is 6. The number of piperidine rings is 1. The van der Waals surface area contributed by atoms with Crippen LogP contribution >= 0.6 is 12.4 Å². The molecule has 1 aliphatic rings. The van der Waals surface area contributed by atoms with Crippen molar-refractivity contribution in [3.05, 3.63) is 42.2 Å². The van der Waals surface area contributed by atoms with Crippen LogP contribution in [0.5, 0.6) is 5.75 Å². The van der Waals surface area contributed by atoms with E-state index in [1.807, 2.05) is 30.3 Å². The number of amides is 1. The molecule has 142 valence electrons. The Hall–Kier alpha value is -2.09. The van der Waals surface area contributed by atoms with Crippen molar-refractivity contribution in [2.24, 2.45) is 5.73 Å². The van der Waals surface area contributed by atoms with Gasteiger partial charge in [-0.05, 0) is 37.9 Å². The first-order valence-electron chi connectivity index (χ1n) is 8.64. The molecule has 1 amide bonds. The van der Waals surface area contributed by atoms with Gasteiger partial charge in [-0.3, -0.25) is 4.79 Å². The molecule has 0 aliphatic carbocycles. The molecule has 2 aromatic rings. The molecule has 2 heterocycles. The summed E-state index contributed by atoms with van der Waals surface area (Å²) in [5.74, 6) is -0.345. The van der Waals surface area contributed by atoms with E-state index in [-0.39, 0.29) is 35.9 Å². The van der Waals surface area contributed by atoms with Gasteiger partial charge >= 0.3 is 0 Å². The molecule has 1 aromatic carbocycles. The van der Waals surface area contributed by atoms with Gasteiger partial charge in [-0.1, -0.05) is 18.2 Å². The number of aromatic nitrogens is 2. The first-order valence-corrected chi connectivity index (χ1v) is 8.64. The SMILES string of the molecule is Cl.NCCCOC1CCN(C(=O)c2nn(-c3ccccc3)cc2O)CC1. The second-order valence-electron chi connectivity index (χ2n) is 6.15. The van der Waals surface area contributed by atoms with E-state index < -0.39 is 0 Å². The fourth-order valence-corrected chi connectivity index (χ4v) is 2.94. The predicted molar refractivity (Wildman–Crippen MR) is 101 cm³/mol. The number of likely N-dealkylation sites (tertiary alicyclic amines) is 1. The van der Waals surface area contributed by atoms with Crippen molar-refractivity contribution >= 4 is 18.3 Å². The normalized spacial score (nSPS) is 14.9. The van der Waals surface area contributed by atoms with Gasteiger partial charge in [-0.2, -0.15) is 5.10 Å². The van der Waals surface area contributed by atoms with Crippen LogP contribution in [0.2, 0.25) is 0 Å². The molecule has 1 fully saturated rings. The minimum Gasteiger partial charge on any atom is -0.504 e. The number of hydrogen-bond acceptors (Lipinski definition) is 5. The molecule has 3 rings (SSSR count). The zero-order valence-electron chi connectivity index (χ0n) is 14.6. The van der Waals surface area contributed by atoms with Gasteiger partial charge in [-0.25, -0.2) is 4.68 Å². The Morgan fingerprint density at radius 3 is 2.62 bits per heavy atom. The zero-order chi connectivity index (χ0) is 17.6. The van der Waals surface area contributed by atoms with Crippen molar-refractivity contribution in [1.82, 2.24) is 14.7 Å². The second-order valence-corrected chi connectivity index (χ2v) is 6.15. The van der Waals surface area contributed by atoms with Crippen LogP contribution in [0, 0.1) is 0 Å². The van der Waals surface area contributed by atoms with E-state index in [0.717, 1.165) is 24.9 Å². The summed E-state index contributed by atoms with van der Waals surface area (Å²) in [6.45, 7) is 2.49. The summed E-state index contributed by atoms with van der Waals surface area (Å²) in [7, 11) is 0. The van der Waals surface area contributed by atoms with Gasteiger partial charge in [0, 0.05) is 19.7 Å². The lowest BCUT2D eigenvalue weighted by molar-refractivity contribution is 0.00822. The molecule has 0 bridgehead atoms. The molecule has 0 saturated carbocycles. The van der Waals surface area contributed by atoms with Crippen LogP contribution in [0.1, 0.15) is 29.8 Å². The molecule has 0 spiro atoms. The van der Waals surface area contributed by atoms with Crippen molar-refractivity contribution < 1.29 is 14.6 Å². The molecule has 0 atom stereocenters. The van der Waals surface area contributed by atoms with Crippen molar-refractivity contribution in [1.29, 1.82) is 0 Å². The van der Waals surface area contributed by atoms with Crippen LogP contribution in [0.15, 0.2) is 36.5 Å². The molecule has 7 nitrogen and oxygen atoms in total. The summed E-state index contributed by atoms with van der Waals surface area (Å²) < 4.78 is 7.27. The van der Waals surface area contributed by atoms with E-state index in [0.29, 0.717) is 26.2 Å². The predicted octanol–water partition coefficient (Wildman–Crippen LogP) is 1.97. The van der Waals surface area contributed by atoms with Gasteiger partial charge in [0.15, 0.2) is 11.4 Å². The van der Waals surface area contributed by atoms with Crippen LogP contribution in [-0.2, 0) is 4.74 Å². The summed E-state index contributed by atoms with van der Waals surface area (Å²) >= 11 is 0. The Bertz CT molecular complexity index is 700. The molecule has 1 aliphatic heterocycles. The molecule has 1 aromatic heterocycles. The van der Waals surface area contributed by atoms with Gasteiger partial charge in [0.1, 0.15) is 0 Å². The Labute approximate surface area is 159 Å². The number of halogens is 1. The third-order valence-electron chi connectivity index (χ3n) is 4.35. The lowest BCUT2D eigenvalue weighted by Gasteiger charge is -2.31. The summed E-state index contributed by atoms with van der Waals surface area (Å²) in [4.78, 5) is 14.4.